The second kappa shape index (κ2) is 5.10. The van der Waals surface area contributed by atoms with Crippen molar-refractivity contribution in [2.45, 2.75) is 37.5 Å². The molecule has 0 saturated heterocycles. The molecule has 0 radical (unpaired) electrons. The van der Waals surface area contributed by atoms with Crippen molar-refractivity contribution >= 4 is 5.69 Å². The molecule has 1 aromatic carbocycles. The van der Waals surface area contributed by atoms with Gasteiger partial charge < -0.3 is 11.1 Å². The Morgan fingerprint density at radius 3 is 2.58 bits per heavy atom. The fourth-order valence-electron chi connectivity index (χ4n) is 2.35. The van der Waals surface area contributed by atoms with E-state index in [1.54, 1.807) is 6.07 Å². The fourth-order valence-corrected chi connectivity index (χ4v) is 2.35. The summed E-state index contributed by atoms with van der Waals surface area (Å²) in [6.07, 6.45) is -1.83. The summed E-state index contributed by atoms with van der Waals surface area (Å²) < 4.78 is 38.4. The minimum absolute atomic E-state index is 0.00554. The molecule has 0 aliphatic heterocycles. The maximum absolute atomic E-state index is 12.8. The largest absolute Gasteiger partial charge is 0.417 e. The molecular formula is C13H14F3N3. The Kier molecular flexibility index (Phi) is 3.67. The first-order valence-electron chi connectivity index (χ1n) is 6.05. The van der Waals surface area contributed by atoms with E-state index in [1.165, 1.54) is 12.1 Å². The van der Waals surface area contributed by atoms with Gasteiger partial charge in [0.2, 0.25) is 0 Å². The van der Waals surface area contributed by atoms with Crippen LogP contribution in [-0.4, -0.2) is 12.1 Å². The van der Waals surface area contributed by atoms with E-state index in [2.05, 4.69) is 5.32 Å². The van der Waals surface area contributed by atoms with E-state index >= 15 is 0 Å². The van der Waals surface area contributed by atoms with Crippen LogP contribution in [0, 0.1) is 11.3 Å². The average molecular weight is 269 g/mol. The molecule has 2 atom stereocenters. The van der Waals surface area contributed by atoms with Crippen LogP contribution in [0.5, 0.6) is 0 Å². The molecule has 1 aliphatic carbocycles. The maximum atomic E-state index is 12.8. The van der Waals surface area contributed by atoms with E-state index in [1.807, 2.05) is 0 Å². The van der Waals surface area contributed by atoms with E-state index in [0.717, 1.165) is 25.3 Å². The first-order valence-corrected chi connectivity index (χ1v) is 6.05. The number of hydrogen-bond acceptors (Lipinski definition) is 3. The molecule has 6 heteroatoms. The summed E-state index contributed by atoms with van der Waals surface area (Å²) in [6.45, 7) is 0. The Morgan fingerprint density at radius 1 is 1.32 bits per heavy atom. The third-order valence-corrected chi connectivity index (χ3v) is 3.37. The Morgan fingerprint density at radius 2 is 2.05 bits per heavy atom. The van der Waals surface area contributed by atoms with Gasteiger partial charge in [-0.1, -0.05) is 0 Å². The molecule has 2 rings (SSSR count). The van der Waals surface area contributed by atoms with E-state index in [9.17, 15) is 13.2 Å². The van der Waals surface area contributed by atoms with Crippen LogP contribution in [0.1, 0.15) is 30.4 Å². The number of alkyl halides is 3. The number of nitrogens with zero attached hydrogens (tertiary/aromatic N) is 1. The van der Waals surface area contributed by atoms with Crippen molar-refractivity contribution in [3.8, 4) is 6.07 Å². The smallest absolute Gasteiger partial charge is 0.381 e. The molecule has 1 aromatic rings. The van der Waals surface area contributed by atoms with Gasteiger partial charge in [-0.25, -0.2) is 0 Å². The molecule has 1 fully saturated rings. The van der Waals surface area contributed by atoms with E-state index < -0.39 is 11.7 Å². The van der Waals surface area contributed by atoms with Gasteiger partial charge in [0, 0.05) is 17.8 Å². The summed E-state index contributed by atoms with van der Waals surface area (Å²) in [6, 6.07) is 5.16. The van der Waals surface area contributed by atoms with Gasteiger partial charge in [0.25, 0.3) is 0 Å². The SMILES string of the molecule is N#Cc1ccc(NC2CCCC2N)cc1C(F)(F)F. The number of nitriles is 1. The molecule has 2 unspecified atom stereocenters. The quantitative estimate of drug-likeness (QED) is 0.867. The molecule has 19 heavy (non-hydrogen) atoms. The molecule has 0 heterocycles. The Balaban J connectivity index is 2.26. The van der Waals surface area contributed by atoms with Crippen LogP contribution in [0.4, 0.5) is 18.9 Å². The van der Waals surface area contributed by atoms with Crippen molar-refractivity contribution in [3.63, 3.8) is 0 Å². The Labute approximate surface area is 109 Å². The zero-order chi connectivity index (χ0) is 14.0. The van der Waals surface area contributed by atoms with Gasteiger partial charge in [0.15, 0.2) is 0 Å². The van der Waals surface area contributed by atoms with Crippen LogP contribution in [0.25, 0.3) is 0 Å². The Hall–Kier alpha value is -1.74. The second-order valence-electron chi connectivity index (χ2n) is 4.72. The van der Waals surface area contributed by atoms with Gasteiger partial charge in [-0.05, 0) is 37.5 Å². The summed E-state index contributed by atoms with van der Waals surface area (Å²) in [7, 11) is 0. The van der Waals surface area contributed by atoms with Gasteiger partial charge >= 0.3 is 6.18 Å². The molecule has 0 spiro atoms. The normalized spacial score (nSPS) is 23.1. The molecule has 3 N–H and O–H groups in total. The van der Waals surface area contributed by atoms with Crippen molar-refractivity contribution in [2.75, 3.05) is 5.32 Å². The van der Waals surface area contributed by atoms with Gasteiger partial charge in [-0.3, -0.25) is 0 Å². The number of halogens is 3. The summed E-state index contributed by atoms with van der Waals surface area (Å²) in [5, 5.41) is 11.7. The first kappa shape index (κ1) is 13.7. The summed E-state index contributed by atoms with van der Waals surface area (Å²) >= 11 is 0. The third-order valence-electron chi connectivity index (χ3n) is 3.37. The maximum Gasteiger partial charge on any atom is 0.417 e. The molecule has 1 aliphatic rings. The molecule has 3 nitrogen and oxygen atoms in total. The molecule has 0 aromatic heterocycles. The molecule has 102 valence electrons. The number of hydrogen-bond donors (Lipinski definition) is 2. The van der Waals surface area contributed by atoms with Crippen LogP contribution >= 0.6 is 0 Å². The van der Waals surface area contributed by atoms with Gasteiger partial charge in [-0.2, -0.15) is 18.4 Å². The number of benzene rings is 1. The molecule has 1 saturated carbocycles. The van der Waals surface area contributed by atoms with Crippen molar-refractivity contribution in [3.05, 3.63) is 29.3 Å². The second-order valence-corrected chi connectivity index (χ2v) is 4.72. The van der Waals surface area contributed by atoms with E-state index in [-0.39, 0.29) is 17.6 Å². The molecule has 0 bridgehead atoms. The van der Waals surface area contributed by atoms with Crippen LogP contribution in [0.2, 0.25) is 0 Å². The monoisotopic (exact) mass is 269 g/mol. The third kappa shape index (κ3) is 2.99. The van der Waals surface area contributed by atoms with Crippen molar-refractivity contribution in [2.24, 2.45) is 5.73 Å². The number of anilines is 1. The summed E-state index contributed by atoms with van der Waals surface area (Å²) in [5.74, 6) is 0. The van der Waals surface area contributed by atoms with Crippen molar-refractivity contribution in [1.29, 1.82) is 5.26 Å². The number of rotatable bonds is 2. The highest BCUT2D eigenvalue weighted by atomic mass is 19.4. The zero-order valence-electron chi connectivity index (χ0n) is 10.2. The topological polar surface area (TPSA) is 61.8 Å². The van der Waals surface area contributed by atoms with Gasteiger partial charge in [0.1, 0.15) is 0 Å². The van der Waals surface area contributed by atoms with Gasteiger partial charge in [-0.15, -0.1) is 0 Å². The van der Waals surface area contributed by atoms with Crippen LogP contribution in [0.3, 0.4) is 0 Å². The van der Waals surface area contributed by atoms with Crippen molar-refractivity contribution in [1.82, 2.24) is 0 Å². The minimum atomic E-state index is -4.53. The lowest BCUT2D eigenvalue weighted by Crippen LogP contribution is -2.35. The number of nitrogens with two attached hydrogens (primary N) is 1. The predicted molar refractivity (Wildman–Crippen MR) is 65.4 cm³/mol. The van der Waals surface area contributed by atoms with Crippen molar-refractivity contribution < 1.29 is 13.2 Å². The highest BCUT2D eigenvalue weighted by Crippen LogP contribution is 2.34. The highest BCUT2D eigenvalue weighted by molar-refractivity contribution is 5.53. The average Bonchev–Trinajstić information content (AvgIpc) is 2.74. The standard InChI is InChI=1S/C13H14F3N3/c14-13(15,16)10-6-9(5-4-8(10)7-17)19-12-3-1-2-11(12)18/h4-6,11-12,19H,1-3,18H2. The highest BCUT2D eigenvalue weighted by Gasteiger charge is 2.34. The van der Waals surface area contributed by atoms with E-state index in [4.69, 9.17) is 11.0 Å². The lowest BCUT2D eigenvalue weighted by molar-refractivity contribution is -0.137. The first-order chi connectivity index (χ1) is 8.91. The lowest BCUT2D eigenvalue weighted by atomic mass is 10.1. The molecule has 0 amide bonds. The summed E-state index contributed by atoms with van der Waals surface area (Å²) in [5.41, 5.74) is 4.95. The predicted octanol–water partition coefficient (Wildman–Crippen LogP) is 2.87. The van der Waals surface area contributed by atoms with Crippen LogP contribution in [-0.2, 0) is 6.18 Å². The lowest BCUT2D eigenvalue weighted by Gasteiger charge is -2.19. The minimum Gasteiger partial charge on any atom is -0.381 e. The van der Waals surface area contributed by atoms with E-state index in [0.29, 0.717) is 5.69 Å². The van der Waals surface area contributed by atoms with Crippen LogP contribution < -0.4 is 11.1 Å². The Bertz CT molecular complexity index is 505. The van der Waals surface area contributed by atoms with Crippen LogP contribution in [0.15, 0.2) is 18.2 Å². The molecular weight excluding hydrogens is 255 g/mol. The number of nitrogens with one attached hydrogen (secondary N) is 1. The fraction of sp³-hybridized carbons (Fsp3) is 0.462. The van der Waals surface area contributed by atoms with Gasteiger partial charge in [0.05, 0.1) is 17.2 Å². The summed E-state index contributed by atoms with van der Waals surface area (Å²) in [4.78, 5) is 0. The zero-order valence-corrected chi connectivity index (χ0v) is 10.2.